The molecule has 2 aliphatic heterocycles. The molecule has 0 aromatic heterocycles. The molecule has 1 unspecified atom stereocenters. The number of carbonyl (C=O) groups excluding carboxylic acids is 2. The minimum Gasteiger partial charge on any atom is -0.458 e. The van der Waals surface area contributed by atoms with E-state index in [0.29, 0.717) is 23.7 Å². The number of fused-ring (bicyclic) bond motifs is 1. The zero-order valence-electron chi connectivity index (χ0n) is 19.4. The lowest BCUT2D eigenvalue weighted by molar-refractivity contribution is -0.138. The molecule has 1 aromatic rings. The Hall–Kier alpha value is -2.80. The molecule has 3 rings (SSSR count). The van der Waals surface area contributed by atoms with Gasteiger partial charge in [0.2, 0.25) is 5.91 Å². The van der Waals surface area contributed by atoms with Gasteiger partial charge in [0.25, 0.3) is 0 Å². The van der Waals surface area contributed by atoms with Gasteiger partial charge in [-0.25, -0.2) is 9.79 Å². The third-order valence-electron chi connectivity index (χ3n) is 5.70. The van der Waals surface area contributed by atoms with Gasteiger partial charge < -0.3 is 14.5 Å². The third-order valence-corrected chi connectivity index (χ3v) is 6.59. The number of rotatable bonds is 8. The highest BCUT2D eigenvalue weighted by molar-refractivity contribution is 8.16. The van der Waals surface area contributed by atoms with E-state index in [1.807, 2.05) is 24.2 Å². The molecule has 0 fully saturated rings. The maximum absolute atomic E-state index is 13.1. The van der Waals surface area contributed by atoms with E-state index in [4.69, 9.17) is 4.74 Å². The molecule has 1 amide bonds. The molecule has 0 saturated heterocycles. The summed E-state index contributed by atoms with van der Waals surface area (Å²) in [6.07, 6.45) is 1.79. The van der Waals surface area contributed by atoms with Gasteiger partial charge in [-0.2, -0.15) is 0 Å². The van der Waals surface area contributed by atoms with Crippen molar-refractivity contribution in [1.82, 2.24) is 9.80 Å². The van der Waals surface area contributed by atoms with Crippen LogP contribution in [-0.4, -0.2) is 47.0 Å². The molecule has 2 aliphatic rings. The number of ether oxygens (including phenoxy) is 1. The second-order valence-electron chi connectivity index (χ2n) is 8.19. The summed E-state index contributed by atoms with van der Waals surface area (Å²) in [5.74, 6) is 0.00906. The second-order valence-corrected chi connectivity index (χ2v) is 9.02. The molecular formula is C25H31N3O3S. The summed E-state index contributed by atoms with van der Waals surface area (Å²) >= 11 is 1.48. The van der Waals surface area contributed by atoms with Gasteiger partial charge in [-0.1, -0.05) is 62.5 Å². The Labute approximate surface area is 194 Å². The third kappa shape index (κ3) is 4.83. The van der Waals surface area contributed by atoms with E-state index < -0.39 is 12.0 Å². The Morgan fingerprint density at radius 1 is 1.31 bits per heavy atom. The minimum atomic E-state index is -0.420. The molecule has 32 heavy (non-hydrogen) atoms. The van der Waals surface area contributed by atoms with Gasteiger partial charge in [0.05, 0.1) is 23.7 Å². The Balaban J connectivity index is 2.05. The first-order valence-corrected chi connectivity index (χ1v) is 11.7. The van der Waals surface area contributed by atoms with Crippen molar-refractivity contribution in [1.29, 1.82) is 0 Å². The second kappa shape index (κ2) is 10.2. The average molecular weight is 454 g/mol. The van der Waals surface area contributed by atoms with Crippen molar-refractivity contribution in [2.45, 2.75) is 46.1 Å². The number of benzene rings is 1. The first kappa shape index (κ1) is 23.9. The Kier molecular flexibility index (Phi) is 7.61. The molecular weight excluding hydrogens is 422 g/mol. The zero-order chi connectivity index (χ0) is 23.4. The number of carbonyl (C=O) groups is 2. The van der Waals surface area contributed by atoms with Gasteiger partial charge in [-0.3, -0.25) is 4.79 Å². The maximum Gasteiger partial charge on any atom is 0.338 e. The van der Waals surface area contributed by atoms with E-state index in [-0.39, 0.29) is 18.9 Å². The number of amides is 1. The number of hydrogen-bond donors (Lipinski definition) is 0. The quantitative estimate of drug-likeness (QED) is 0.410. The average Bonchev–Trinajstić information content (AvgIpc) is 3.17. The Morgan fingerprint density at radius 3 is 2.59 bits per heavy atom. The number of allylic oxidation sites excluding steroid dienone is 1. The van der Waals surface area contributed by atoms with Crippen LogP contribution in [0.2, 0.25) is 0 Å². The smallest absolute Gasteiger partial charge is 0.338 e. The largest absolute Gasteiger partial charge is 0.458 e. The van der Waals surface area contributed by atoms with E-state index in [9.17, 15) is 9.59 Å². The van der Waals surface area contributed by atoms with Crippen LogP contribution in [0.15, 0.2) is 64.3 Å². The summed E-state index contributed by atoms with van der Waals surface area (Å²) < 4.78 is 5.42. The predicted octanol–water partition coefficient (Wildman–Crippen LogP) is 4.98. The fraction of sp³-hybridized carbons (Fsp3) is 0.400. The van der Waals surface area contributed by atoms with Crippen molar-refractivity contribution in [2.75, 3.05) is 20.2 Å². The van der Waals surface area contributed by atoms with Crippen LogP contribution in [0.4, 0.5) is 0 Å². The topological polar surface area (TPSA) is 62.2 Å². The molecule has 0 radical (unpaired) electrons. The standard InChI is InChI=1S/C25H31N3O3S/c1-7-13-31-24(30)22-17(5)26-25-28(20(15-32-25)14-21(29)27(6)8-2)23(22)19-11-9-18(10-12-19)16(3)4/h7,9-12,15-16,23H,1,8,13-14H2,2-6H3. The van der Waals surface area contributed by atoms with Crippen LogP contribution in [0.5, 0.6) is 0 Å². The van der Waals surface area contributed by atoms with Gasteiger partial charge in [0.15, 0.2) is 5.17 Å². The number of nitrogens with zero attached hydrogens (tertiary/aromatic N) is 3. The van der Waals surface area contributed by atoms with E-state index in [2.05, 4.69) is 49.7 Å². The van der Waals surface area contributed by atoms with Crippen LogP contribution in [0.1, 0.15) is 57.2 Å². The van der Waals surface area contributed by atoms with Crippen molar-refractivity contribution in [3.63, 3.8) is 0 Å². The normalized spacial score (nSPS) is 17.7. The molecule has 0 N–H and O–H groups in total. The summed E-state index contributed by atoms with van der Waals surface area (Å²) in [5.41, 5.74) is 4.12. The lowest BCUT2D eigenvalue weighted by Gasteiger charge is -2.36. The summed E-state index contributed by atoms with van der Waals surface area (Å²) in [6, 6.07) is 7.88. The van der Waals surface area contributed by atoms with Gasteiger partial charge in [0, 0.05) is 19.3 Å². The summed E-state index contributed by atoms with van der Waals surface area (Å²) in [6.45, 7) is 12.5. The number of amidine groups is 1. The molecule has 0 saturated carbocycles. The van der Waals surface area contributed by atoms with E-state index in [0.717, 1.165) is 16.4 Å². The van der Waals surface area contributed by atoms with Crippen LogP contribution in [0.3, 0.4) is 0 Å². The predicted molar refractivity (Wildman–Crippen MR) is 130 cm³/mol. The monoisotopic (exact) mass is 453 g/mol. The van der Waals surface area contributed by atoms with Gasteiger partial charge >= 0.3 is 5.97 Å². The molecule has 0 spiro atoms. The SMILES string of the molecule is C=CCOC(=O)C1=C(C)N=C2SC=C(CC(=O)N(C)CC)N2C1c1ccc(C(C)C)cc1. The van der Waals surface area contributed by atoms with Crippen molar-refractivity contribution in [3.8, 4) is 0 Å². The summed E-state index contributed by atoms with van der Waals surface area (Å²) in [4.78, 5) is 34.1. The fourth-order valence-corrected chi connectivity index (χ4v) is 4.65. The van der Waals surface area contributed by atoms with Crippen molar-refractivity contribution in [2.24, 2.45) is 4.99 Å². The molecule has 2 heterocycles. The van der Waals surface area contributed by atoms with E-state index >= 15 is 0 Å². The molecule has 1 aromatic carbocycles. The Morgan fingerprint density at radius 2 is 2.00 bits per heavy atom. The molecule has 0 bridgehead atoms. The summed E-state index contributed by atoms with van der Waals surface area (Å²) in [5, 5.41) is 2.73. The highest BCUT2D eigenvalue weighted by Crippen LogP contribution is 2.45. The molecule has 1 atom stereocenters. The first-order chi connectivity index (χ1) is 15.3. The summed E-state index contributed by atoms with van der Waals surface area (Å²) in [7, 11) is 1.79. The highest BCUT2D eigenvalue weighted by atomic mass is 32.2. The Bertz CT molecular complexity index is 992. The molecule has 7 heteroatoms. The van der Waals surface area contributed by atoms with Crippen molar-refractivity contribution in [3.05, 3.63) is 70.4 Å². The van der Waals surface area contributed by atoms with Crippen molar-refractivity contribution < 1.29 is 14.3 Å². The molecule has 0 aliphatic carbocycles. The lowest BCUT2D eigenvalue weighted by Crippen LogP contribution is -2.38. The highest BCUT2D eigenvalue weighted by Gasteiger charge is 2.41. The minimum absolute atomic E-state index is 0.0246. The van der Waals surface area contributed by atoms with Crippen LogP contribution in [-0.2, 0) is 14.3 Å². The number of thioether (sulfide) groups is 1. The number of esters is 1. The van der Waals surface area contributed by atoms with Crippen LogP contribution in [0.25, 0.3) is 0 Å². The lowest BCUT2D eigenvalue weighted by atomic mass is 9.92. The molecule has 170 valence electrons. The van der Waals surface area contributed by atoms with Crippen molar-refractivity contribution >= 4 is 28.8 Å². The van der Waals surface area contributed by atoms with Gasteiger partial charge in [0.1, 0.15) is 6.61 Å². The van der Waals surface area contributed by atoms with Crippen LogP contribution >= 0.6 is 11.8 Å². The maximum atomic E-state index is 13.1. The van der Waals surface area contributed by atoms with Crippen LogP contribution < -0.4 is 0 Å². The number of hydrogen-bond acceptors (Lipinski definition) is 6. The van der Waals surface area contributed by atoms with Gasteiger partial charge in [-0.15, -0.1) is 0 Å². The molecule has 6 nitrogen and oxygen atoms in total. The van der Waals surface area contributed by atoms with Gasteiger partial charge in [-0.05, 0) is 36.3 Å². The zero-order valence-corrected chi connectivity index (χ0v) is 20.2. The fourth-order valence-electron chi connectivity index (χ4n) is 3.69. The van der Waals surface area contributed by atoms with E-state index in [1.54, 1.807) is 18.0 Å². The van der Waals surface area contributed by atoms with E-state index in [1.165, 1.54) is 17.3 Å². The number of aliphatic imine (C=N–C) groups is 1. The van der Waals surface area contributed by atoms with Crippen LogP contribution in [0, 0.1) is 0 Å². The first-order valence-electron chi connectivity index (χ1n) is 10.8.